The SMILES string of the molecule is COCc1ccc(C(=O)O)c2nc(C3CCCC3)[nH]c12. The number of carboxylic acids is 1. The molecule has 1 heterocycles. The van der Waals surface area contributed by atoms with Gasteiger partial charge >= 0.3 is 5.97 Å². The Kier molecular flexibility index (Phi) is 3.44. The van der Waals surface area contributed by atoms with Gasteiger partial charge in [-0.2, -0.15) is 0 Å². The van der Waals surface area contributed by atoms with Gasteiger partial charge in [-0.05, 0) is 18.9 Å². The largest absolute Gasteiger partial charge is 0.478 e. The Labute approximate surface area is 117 Å². The lowest BCUT2D eigenvalue weighted by Gasteiger charge is -2.03. The maximum Gasteiger partial charge on any atom is 0.337 e. The van der Waals surface area contributed by atoms with E-state index in [4.69, 9.17) is 4.74 Å². The van der Waals surface area contributed by atoms with Gasteiger partial charge in [0.2, 0.25) is 0 Å². The summed E-state index contributed by atoms with van der Waals surface area (Å²) in [7, 11) is 1.63. The molecule has 1 fully saturated rings. The van der Waals surface area contributed by atoms with Crippen molar-refractivity contribution >= 4 is 17.0 Å². The highest BCUT2D eigenvalue weighted by molar-refractivity contribution is 6.01. The van der Waals surface area contributed by atoms with Gasteiger partial charge in [-0.1, -0.05) is 18.9 Å². The average Bonchev–Trinajstić information content (AvgIpc) is 3.07. The lowest BCUT2D eigenvalue weighted by Crippen LogP contribution is -1.99. The second-order valence-corrected chi connectivity index (χ2v) is 5.34. The van der Waals surface area contributed by atoms with E-state index in [0.717, 1.165) is 29.7 Å². The van der Waals surface area contributed by atoms with Gasteiger partial charge in [-0.15, -0.1) is 0 Å². The third-order valence-electron chi connectivity index (χ3n) is 4.02. The first-order chi connectivity index (χ1) is 9.70. The first-order valence-corrected chi connectivity index (χ1v) is 6.94. The van der Waals surface area contributed by atoms with E-state index in [1.165, 1.54) is 12.8 Å². The highest BCUT2D eigenvalue weighted by Crippen LogP contribution is 2.34. The summed E-state index contributed by atoms with van der Waals surface area (Å²) in [5, 5.41) is 9.29. The zero-order valence-electron chi connectivity index (χ0n) is 11.5. The minimum atomic E-state index is -0.941. The van der Waals surface area contributed by atoms with Gasteiger partial charge < -0.3 is 14.8 Å². The predicted octanol–water partition coefficient (Wildman–Crippen LogP) is 3.07. The number of rotatable bonds is 4. The van der Waals surface area contributed by atoms with Crippen LogP contribution in [0.25, 0.3) is 11.0 Å². The number of carboxylic acid groups (broad SMARTS) is 1. The van der Waals surface area contributed by atoms with Crippen LogP contribution in [0, 0.1) is 0 Å². The standard InChI is InChI=1S/C15H18N2O3/c1-20-8-10-6-7-11(15(18)19)13-12(10)16-14(17-13)9-4-2-3-5-9/h6-7,9H,2-5,8H2,1H3,(H,16,17)(H,18,19). The third kappa shape index (κ3) is 2.18. The van der Waals surface area contributed by atoms with E-state index in [1.54, 1.807) is 19.2 Å². The second kappa shape index (κ2) is 5.25. The van der Waals surface area contributed by atoms with Crippen LogP contribution in [0.15, 0.2) is 12.1 Å². The summed E-state index contributed by atoms with van der Waals surface area (Å²) in [6.07, 6.45) is 4.69. The van der Waals surface area contributed by atoms with Gasteiger partial charge in [0.15, 0.2) is 0 Å². The van der Waals surface area contributed by atoms with Crippen molar-refractivity contribution in [2.75, 3.05) is 7.11 Å². The molecule has 0 unspecified atom stereocenters. The van der Waals surface area contributed by atoms with Crippen LogP contribution in [0.3, 0.4) is 0 Å². The van der Waals surface area contributed by atoms with Crippen molar-refractivity contribution in [2.24, 2.45) is 0 Å². The van der Waals surface area contributed by atoms with Crippen molar-refractivity contribution in [3.63, 3.8) is 0 Å². The molecule has 0 atom stereocenters. The van der Waals surface area contributed by atoms with Gasteiger partial charge in [0, 0.05) is 18.6 Å². The predicted molar refractivity (Wildman–Crippen MR) is 75.0 cm³/mol. The fourth-order valence-electron chi connectivity index (χ4n) is 3.01. The van der Waals surface area contributed by atoms with Crippen LogP contribution in [-0.4, -0.2) is 28.2 Å². The van der Waals surface area contributed by atoms with Crippen molar-refractivity contribution in [3.8, 4) is 0 Å². The van der Waals surface area contributed by atoms with Gasteiger partial charge in [-0.25, -0.2) is 9.78 Å². The van der Waals surface area contributed by atoms with Crippen molar-refractivity contribution in [1.82, 2.24) is 9.97 Å². The van der Waals surface area contributed by atoms with Crippen LogP contribution < -0.4 is 0 Å². The van der Waals surface area contributed by atoms with E-state index in [2.05, 4.69) is 9.97 Å². The zero-order valence-corrected chi connectivity index (χ0v) is 11.5. The molecule has 0 radical (unpaired) electrons. The monoisotopic (exact) mass is 274 g/mol. The molecular formula is C15H18N2O3. The van der Waals surface area contributed by atoms with Crippen molar-refractivity contribution < 1.29 is 14.6 Å². The summed E-state index contributed by atoms with van der Waals surface area (Å²) in [6, 6.07) is 3.41. The molecular weight excluding hydrogens is 256 g/mol. The summed E-state index contributed by atoms with van der Waals surface area (Å²) >= 11 is 0. The Bertz CT molecular complexity index is 642. The number of nitrogens with zero attached hydrogens (tertiary/aromatic N) is 1. The molecule has 0 aliphatic heterocycles. The second-order valence-electron chi connectivity index (χ2n) is 5.34. The smallest absolute Gasteiger partial charge is 0.337 e. The third-order valence-corrected chi connectivity index (χ3v) is 4.02. The molecule has 0 bridgehead atoms. The van der Waals surface area contributed by atoms with Gasteiger partial charge in [-0.3, -0.25) is 0 Å². The molecule has 1 saturated carbocycles. The molecule has 1 aliphatic rings. The molecule has 0 saturated heterocycles. The molecule has 20 heavy (non-hydrogen) atoms. The number of benzene rings is 1. The van der Waals surface area contributed by atoms with Crippen molar-refractivity contribution in [2.45, 2.75) is 38.2 Å². The number of nitrogens with one attached hydrogen (secondary N) is 1. The quantitative estimate of drug-likeness (QED) is 0.898. The van der Waals surface area contributed by atoms with E-state index < -0.39 is 5.97 Å². The lowest BCUT2D eigenvalue weighted by atomic mass is 10.1. The zero-order chi connectivity index (χ0) is 14.1. The minimum absolute atomic E-state index is 0.250. The molecule has 5 nitrogen and oxygen atoms in total. The van der Waals surface area contributed by atoms with Gasteiger partial charge in [0.05, 0.1) is 17.7 Å². The van der Waals surface area contributed by atoms with Crippen LogP contribution in [-0.2, 0) is 11.3 Å². The number of aromatic nitrogens is 2. The summed E-state index contributed by atoms with van der Waals surface area (Å²) in [6.45, 7) is 0.447. The fourth-order valence-corrected chi connectivity index (χ4v) is 3.01. The molecule has 2 N–H and O–H groups in total. The summed E-state index contributed by atoms with van der Waals surface area (Å²) < 4.78 is 5.18. The van der Waals surface area contributed by atoms with Crippen molar-refractivity contribution in [3.05, 3.63) is 29.1 Å². The van der Waals surface area contributed by atoms with Crippen LogP contribution in [0.2, 0.25) is 0 Å². The molecule has 1 aromatic heterocycles. The Hall–Kier alpha value is -1.88. The number of aromatic amines is 1. The molecule has 2 aromatic rings. The Morgan fingerprint density at radius 3 is 2.85 bits per heavy atom. The topological polar surface area (TPSA) is 75.2 Å². The van der Waals surface area contributed by atoms with E-state index in [1.807, 2.05) is 0 Å². The molecule has 5 heteroatoms. The number of carbonyl (C=O) groups is 1. The van der Waals surface area contributed by atoms with Gasteiger partial charge in [0.25, 0.3) is 0 Å². The van der Waals surface area contributed by atoms with E-state index in [9.17, 15) is 9.90 Å². The Balaban J connectivity index is 2.14. The Morgan fingerprint density at radius 2 is 2.20 bits per heavy atom. The minimum Gasteiger partial charge on any atom is -0.478 e. The molecule has 3 rings (SSSR count). The fraction of sp³-hybridized carbons (Fsp3) is 0.467. The molecule has 1 aliphatic carbocycles. The number of imidazole rings is 1. The number of methoxy groups -OCH3 is 1. The summed E-state index contributed by atoms with van der Waals surface area (Å²) in [5.41, 5.74) is 2.55. The lowest BCUT2D eigenvalue weighted by molar-refractivity contribution is 0.0699. The van der Waals surface area contributed by atoms with E-state index in [-0.39, 0.29) is 5.56 Å². The number of fused-ring (bicyclic) bond motifs is 1. The number of hydrogen-bond acceptors (Lipinski definition) is 3. The molecule has 106 valence electrons. The highest BCUT2D eigenvalue weighted by Gasteiger charge is 2.23. The van der Waals surface area contributed by atoms with E-state index >= 15 is 0 Å². The molecule has 0 spiro atoms. The van der Waals surface area contributed by atoms with Crippen LogP contribution in [0.5, 0.6) is 0 Å². The number of H-pyrrole nitrogens is 1. The van der Waals surface area contributed by atoms with Crippen LogP contribution >= 0.6 is 0 Å². The number of aromatic carboxylic acids is 1. The summed E-state index contributed by atoms with van der Waals surface area (Å²) in [5.74, 6) is 0.409. The van der Waals surface area contributed by atoms with Crippen molar-refractivity contribution in [1.29, 1.82) is 0 Å². The average molecular weight is 274 g/mol. The number of hydrogen-bond donors (Lipinski definition) is 2. The highest BCUT2D eigenvalue weighted by atomic mass is 16.5. The van der Waals surface area contributed by atoms with E-state index in [0.29, 0.717) is 18.0 Å². The normalized spacial score (nSPS) is 16.1. The van der Waals surface area contributed by atoms with Crippen LogP contribution in [0.1, 0.15) is 53.3 Å². The summed E-state index contributed by atoms with van der Waals surface area (Å²) in [4.78, 5) is 19.2. The molecule has 0 amide bonds. The first kappa shape index (κ1) is 13.1. The Morgan fingerprint density at radius 1 is 1.45 bits per heavy atom. The van der Waals surface area contributed by atoms with Crippen LogP contribution in [0.4, 0.5) is 0 Å². The van der Waals surface area contributed by atoms with Gasteiger partial charge in [0.1, 0.15) is 11.3 Å². The molecule has 1 aromatic carbocycles. The maximum absolute atomic E-state index is 11.3. The first-order valence-electron chi connectivity index (χ1n) is 6.94. The number of ether oxygens (including phenoxy) is 1. The maximum atomic E-state index is 11.3.